The molecule has 3 aromatic heterocycles. The molecule has 13 heteroatoms. The molecular formula is C21H18FN3O7S2. The molecule has 3 heterocycles. The van der Waals surface area contributed by atoms with Gasteiger partial charge in [-0.15, -0.1) is 11.3 Å². The van der Waals surface area contributed by atoms with Crippen LogP contribution in [0, 0.1) is 5.95 Å². The first-order chi connectivity index (χ1) is 16.2. The lowest BCUT2D eigenvalue weighted by Gasteiger charge is -2.14. The van der Waals surface area contributed by atoms with Gasteiger partial charge in [0.2, 0.25) is 21.7 Å². The van der Waals surface area contributed by atoms with E-state index >= 15 is 0 Å². The molecule has 3 rings (SSSR count). The fourth-order valence-corrected chi connectivity index (χ4v) is 5.87. The summed E-state index contributed by atoms with van der Waals surface area (Å²) in [5.74, 6) is -3.00. The normalized spacial score (nSPS) is 12.4. The molecule has 1 unspecified atom stereocenters. The number of carbonyl (C=O) groups excluding carboxylic acids is 1. The second-order valence-corrected chi connectivity index (χ2v) is 9.74. The number of methoxy groups -OCH3 is 1. The van der Waals surface area contributed by atoms with E-state index in [1.165, 1.54) is 50.7 Å². The molecule has 0 spiro atoms. The number of halogens is 1. The SMILES string of the molecule is CNC(OC(=O)/C=C/C(=O)O)c1cc(-c2cccnc2F)c(S(=O)(=O)c2ccc(OC)nc2)s1. The summed E-state index contributed by atoms with van der Waals surface area (Å²) in [6.45, 7) is 0. The van der Waals surface area contributed by atoms with Crippen molar-refractivity contribution in [1.82, 2.24) is 15.3 Å². The number of carboxylic acids is 1. The van der Waals surface area contributed by atoms with Crippen LogP contribution >= 0.6 is 11.3 Å². The Labute approximate surface area is 197 Å². The molecular weight excluding hydrogens is 489 g/mol. The molecule has 1 atom stereocenters. The zero-order chi connectivity index (χ0) is 24.9. The maximum absolute atomic E-state index is 14.5. The molecule has 0 aliphatic heterocycles. The van der Waals surface area contributed by atoms with E-state index in [4.69, 9.17) is 14.6 Å². The molecule has 0 radical (unpaired) electrons. The van der Waals surface area contributed by atoms with Gasteiger partial charge in [-0.3, -0.25) is 5.32 Å². The number of ether oxygens (including phenoxy) is 2. The highest BCUT2D eigenvalue weighted by Crippen LogP contribution is 2.41. The highest BCUT2D eigenvalue weighted by atomic mass is 32.2. The largest absolute Gasteiger partial charge is 0.481 e. The Morgan fingerprint density at radius 3 is 2.56 bits per heavy atom. The van der Waals surface area contributed by atoms with Gasteiger partial charge in [0.1, 0.15) is 4.21 Å². The highest BCUT2D eigenvalue weighted by molar-refractivity contribution is 7.93. The van der Waals surface area contributed by atoms with Gasteiger partial charge in [-0.2, -0.15) is 4.39 Å². The van der Waals surface area contributed by atoms with Gasteiger partial charge in [-0.1, -0.05) is 0 Å². The van der Waals surface area contributed by atoms with Crippen LogP contribution in [-0.4, -0.2) is 49.6 Å². The molecule has 34 heavy (non-hydrogen) atoms. The zero-order valence-corrected chi connectivity index (χ0v) is 19.4. The van der Waals surface area contributed by atoms with Crippen LogP contribution in [0.5, 0.6) is 5.88 Å². The fraction of sp³-hybridized carbons (Fsp3) is 0.143. The van der Waals surface area contributed by atoms with Crippen LogP contribution in [-0.2, 0) is 24.2 Å². The number of rotatable bonds is 9. The van der Waals surface area contributed by atoms with Crippen LogP contribution in [0.25, 0.3) is 11.1 Å². The van der Waals surface area contributed by atoms with E-state index in [1.807, 2.05) is 0 Å². The Morgan fingerprint density at radius 2 is 1.97 bits per heavy atom. The van der Waals surface area contributed by atoms with Crippen molar-refractivity contribution in [1.29, 1.82) is 0 Å². The van der Waals surface area contributed by atoms with Gasteiger partial charge >= 0.3 is 11.9 Å². The predicted octanol–water partition coefficient (Wildman–Crippen LogP) is 2.59. The van der Waals surface area contributed by atoms with Gasteiger partial charge in [0.05, 0.1) is 16.9 Å². The first kappa shape index (κ1) is 25.0. The van der Waals surface area contributed by atoms with Crippen molar-refractivity contribution in [3.05, 3.63) is 65.7 Å². The number of carboxylic acid groups (broad SMARTS) is 1. The number of pyridine rings is 2. The third-order valence-corrected chi connectivity index (χ3v) is 7.81. The Bertz CT molecular complexity index is 1340. The van der Waals surface area contributed by atoms with Gasteiger partial charge in [0.25, 0.3) is 0 Å². The van der Waals surface area contributed by atoms with Crippen molar-refractivity contribution < 1.29 is 37.0 Å². The van der Waals surface area contributed by atoms with Crippen LogP contribution in [0.2, 0.25) is 0 Å². The molecule has 10 nitrogen and oxygen atoms in total. The molecule has 0 saturated heterocycles. The topological polar surface area (TPSA) is 145 Å². The minimum Gasteiger partial charge on any atom is -0.481 e. The Morgan fingerprint density at radius 1 is 1.21 bits per heavy atom. The predicted molar refractivity (Wildman–Crippen MR) is 118 cm³/mol. The van der Waals surface area contributed by atoms with Crippen LogP contribution in [0.1, 0.15) is 11.1 Å². The number of carbonyl (C=O) groups is 2. The van der Waals surface area contributed by atoms with E-state index in [0.717, 1.165) is 17.5 Å². The Balaban J connectivity index is 2.12. The standard InChI is InChI=1S/C21H18FN3O7S2/c1-23-20(32-18(28)8-7-17(26)27)15-10-14(13-4-3-9-24-19(13)22)21(33-15)34(29,30)12-5-6-16(31-2)25-11-12/h3-11,20,23H,1-2H3,(H,26,27)/b8-7+. The number of sulfone groups is 1. The van der Waals surface area contributed by atoms with Crippen molar-refractivity contribution in [2.75, 3.05) is 14.2 Å². The van der Waals surface area contributed by atoms with Crippen LogP contribution in [0.4, 0.5) is 4.39 Å². The number of aliphatic carboxylic acids is 1. The summed E-state index contributed by atoms with van der Waals surface area (Å²) in [7, 11) is -1.35. The number of hydrogen-bond acceptors (Lipinski definition) is 10. The minimum atomic E-state index is -4.18. The number of nitrogens with one attached hydrogen (secondary N) is 1. The lowest BCUT2D eigenvalue weighted by atomic mass is 10.1. The van der Waals surface area contributed by atoms with Gasteiger partial charge < -0.3 is 14.6 Å². The quantitative estimate of drug-likeness (QED) is 0.192. The number of nitrogens with zero attached hydrogens (tertiary/aromatic N) is 2. The summed E-state index contributed by atoms with van der Waals surface area (Å²) in [6.07, 6.45) is 2.51. The molecule has 0 aliphatic rings. The number of esters is 1. The number of aromatic nitrogens is 2. The lowest BCUT2D eigenvalue weighted by Crippen LogP contribution is -2.21. The summed E-state index contributed by atoms with van der Waals surface area (Å²) in [5, 5.41) is 11.4. The van der Waals surface area contributed by atoms with Gasteiger partial charge in [0.15, 0.2) is 6.23 Å². The second-order valence-electron chi connectivity index (χ2n) is 6.51. The fourth-order valence-electron chi connectivity index (χ4n) is 2.80. The van der Waals surface area contributed by atoms with Crippen LogP contribution < -0.4 is 10.1 Å². The van der Waals surface area contributed by atoms with Crippen molar-refractivity contribution in [2.24, 2.45) is 0 Å². The summed E-state index contributed by atoms with van der Waals surface area (Å²) in [5.41, 5.74) is -0.0595. The third kappa shape index (κ3) is 5.44. The maximum Gasteiger partial charge on any atom is 0.332 e. The van der Waals surface area contributed by atoms with E-state index in [2.05, 4.69) is 15.3 Å². The summed E-state index contributed by atoms with van der Waals surface area (Å²) < 4.78 is 51.3. The number of hydrogen-bond donors (Lipinski definition) is 2. The lowest BCUT2D eigenvalue weighted by molar-refractivity contribution is -0.145. The van der Waals surface area contributed by atoms with Gasteiger partial charge in [-0.05, 0) is 31.3 Å². The van der Waals surface area contributed by atoms with Gasteiger partial charge in [-0.25, -0.2) is 28.0 Å². The van der Waals surface area contributed by atoms with E-state index < -0.39 is 34.0 Å². The van der Waals surface area contributed by atoms with Crippen molar-refractivity contribution in [3.8, 4) is 17.0 Å². The molecule has 0 bridgehead atoms. The van der Waals surface area contributed by atoms with Crippen molar-refractivity contribution in [3.63, 3.8) is 0 Å². The summed E-state index contributed by atoms with van der Waals surface area (Å²) in [6, 6.07) is 6.86. The van der Waals surface area contributed by atoms with E-state index in [0.29, 0.717) is 12.2 Å². The third-order valence-electron chi connectivity index (χ3n) is 4.36. The minimum absolute atomic E-state index is 0.0128. The van der Waals surface area contributed by atoms with E-state index in [9.17, 15) is 22.4 Å². The van der Waals surface area contributed by atoms with Crippen LogP contribution in [0.15, 0.2) is 64.0 Å². The molecule has 0 saturated carbocycles. The van der Waals surface area contributed by atoms with Crippen molar-refractivity contribution >= 4 is 33.1 Å². The average molecular weight is 508 g/mol. The van der Waals surface area contributed by atoms with E-state index in [-0.39, 0.29) is 31.0 Å². The molecule has 178 valence electrons. The molecule has 2 N–H and O–H groups in total. The van der Waals surface area contributed by atoms with E-state index in [1.54, 1.807) is 0 Å². The Kier molecular flexibility index (Phi) is 7.71. The maximum atomic E-state index is 14.5. The molecule has 0 amide bonds. The smallest absolute Gasteiger partial charge is 0.332 e. The Hall–Kier alpha value is -3.68. The second kappa shape index (κ2) is 10.5. The molecule has 0 fully saturated rings. The molecule has 0 aromatic carbocycles. The van der Waals surface area contributed by atoms with Gasteiger partial charge in [0, 0.05) is 41.7 Å². The summed E-state index contributed by atoms with van der Waals surface area (Å²) >= 11 is 0.752. The first-order valence-electron chi connectivity index (χ1n) is 9.46. The highest BCUT2D eigenvalue weighted by Gasteiger charge is 2.30. The first-order valence-corrected chi connectivity index (χ1v) is 11.8. The molecule has 0 aliphatic carbocycles. The summed E-state index contributed by atoms with van der Waals surface area (Å²) in [4.78, 5) is 30.2. The number of thiophene rings is 1. The van der Waals surface area contributed by atoms with Crippen molar-refractivity contribution in [2.45, 2.75) is 15.3 Å². The zero-order valence-electron chi connectivity index (χ0n) is 17.8. The van der Waals surface area contributed by atoms with Crippen LogP contribution in [0.3, 0.4) is 0 Å². The average Bonchev–Trinajstić information content (AvgIpc) is 3.27. The molecule has 3 aromatic rings. The monoisotopic (exact) mass is 507 g/mol.